The van der Waals surface area contributed by atoms with Crippen LogP contribution in [0.1, 0.15) is 31.4 Å². The first-order chi connectivity index (χ1) is 10.0. The second-order valence-electron chi connectivity index (χ2n) is 5.60. The fraction of sp³-hybridized carbons (Fsp3) is 0.667. The summed E-state index contributed by atoms with van der Waals surface area (Å²) in [6.07, 6.45) is 0. The number of carbonyl (C=O) groups is 1. The van der Waals surface area contributed by atoms with Crippen molar-refractivity contribution in [1.82, 2.24) is 15.5 Å². The van der Waals surface area contributed by atoms with Gasteiger partial charge in [0.25, 0.3) is 0 Å². The first-order valence-electron chi connectivity index (χ1n) is 7.48. The molecule has 1 aliphatic rings. The molecular weight excluding hydrogens is 270 g/mol. The highest BCUT2D eigenvalue weighted by Crippen LogP contribution is 2.15. The average molecular weight is 295 g/mol. The van der Waals surface area contributed by atoms with Crippen molar-refractivity contribution in [2.24, 2.45) is 0 Å². The number of nitrogens with zero attached hydrogens (tertiary/aromatic N) is 1. The molecule has 1 aromatic rings. The number of hydrogen-bond donors (Lipinski definition) is 2. The Bertz CT molecular complexity index is 455. The topological polar surface area (TPSA) is 66.7 Å². The minimum Gasteiger partial charge on any atom is -0.464 e. The van der Waals surface area contributed by atoms with E-state index < -0.39 is 0 Å². The summed E-state index contributed by atoms with van der Waals surface area (Å²) in [5.74, 6) is 1.61. The summed E-state index contributed by atoms with van der Waals surface area (Å²) in [6, 6.07) is 3.56. The largest absolute Gasteiger partial charge is 0.464 e. The van der Waals surface area contributed by atoms with Gasteiger partial charge in [0.05, 0.1) is 19.3 Å². The number of hydrogen-bond acceptors (Lipinski definition) is 4. The van der Waals surface area contributed by atoms with E-state index in [4.69, 9.17) is 9.15 Å². The Morgan fingerprint density at radius 1 is 1.29 bits per heavy atom. The molecule has 2 N–H and O–H groups in total. The van der Waals surface area contributed by atoms with E-state index in [0.717, 1.165) is 44.4 Å². The third-order valence-corrected chi connectivity index (χ3v) is 3.55. The van der Waals surface area contributed by atoms with Crippen LogP contribution in [-0.4, -0.2) is 49.8 Å². The molecule has 0 aromatic carbocycles. The van der Waals surface area contributed by atoms with Gasteiger partial charge in [-0.15, -0.1) is 0 Å². The van der Waals surface area contributed by atoms with E-state index in [1.165, 1.54) is 0 Å². The lowest BCUT2D eigenvalue weighted by Gasteiger charge is -2.29. The lowest BCUT2D eigenvalue weighted by Crippen LogP contribution is -2.48. The van der Waals surface area contributed by atoms with Gasteiger partial charge in [-0.3, -0.25) is 4.90 Å². The Hall–Kier alpha value is -1.53. The normalized spacial score (nSPS) is 19.0. The van der Waals surface area contributed by atoms with Crippen LogP contribution in [0.15, 0.2) is 16.5 Å². The highest BCUT2D eigenvalue weighted by atomic mass is 16.5. The van der Waals surface area contributed by atoms with Gasteiger partial charge in [0.1, 0.15) is 11.5 Å². The smallest absolute Gasteiger partial charge is 0.315 e. The SMILES string of the molecule is Cc1ccc([C@H](C)NC(=O)N[C@H](C)CN2CCOCC2)o1. The minimum absolute atomic E-state index is 0.0913. The fourth-order valence-corrected chi connectivity index (χ4v) is 2.44. The summed E-state index contributed by atoms with van der Waals surface area (Å²) in [5, 5.41) is 5.85. The Morgan fingerprint density at radius 3 is 2.62 bits per heavy atom. The molecule has 1 aromatic heterocycles. The second kappa shape index (κ2) is 7.47. The van der Waals surface area contributed by atoms with Crippen molar-refractivity contribution in [1.29, 1.82) is 0 Å². The van der Waals surface area contributed by atoms with Crippen LogP contribution in [-0.2, 0) is 4.74 Å². The molecule has 118 valence electrons. The van der Waals surface area contributed by atoms with Crippen LogP contribution in [0.25, 0.3) is 0 Å². The molecule has 2 amide bonds. The Balaban J connectivity index is 1.72. The Kier molecular flexibility index (Phi) is 5.64. The van der Waals surface area contributed by atoms with Crippen molar-refractivity contribution < 1.29 is 13.9 Å². The third-order valence-electron chi connectivity index (χ3n) is 3.55. The number of morpholine rings is 1. The van der Waals surface area contributed by atoms with E-state index in [-0.39, 0.29) is 18.1 Å². The molecule has 2 heterocycles. The molecule has 21 heavy (non-hydrogen) atoms. The van der Waals surface area contributed by atoms with Crippen LogP contribution in [0.2, 0.25) is 0 Å². The van der Waals surface area contributed by atoms with E-state index in [9.17, 15) is 4.79 Å². The molecule has 0 unspecified atom stereocenters. The predicted molar refractivity (Wildman–Crippen MR) is 80.2 cm³/mol. The summed E-state index contributed by atoms with van der Waals surface area (Å²) in [5.41, 5.74) is 0. The van der Waals surface area contributed by atoms with E-state index in [2.05, 4.69) is 15.5 Å². The molecular formula is C15H25N3O3. The summed E-state index contributed by atoms with van der Waals surface area (Å²) in [7, 11) is 0. The second-order valence-corrected chi connectivity index (χ2v) is 5.60. The van der Waals surface area contributed by atoms with Crippen LogP contribution >= 0.6 is 0 Å². The number of ether oxygens (including phenoxy) is 1. The van der Waals surface area contributed by atoms with Crippen LogP contribution < -0.4 is 10.6 Å². The lowest BCUT2D eigenvalue weighted by molar-refractivity contribution is 0.0349. The van der Waals surface area contributed by atoms with Crippen molar-refractivity contribution in [3.05, 3.63) is 23.7 Å². The first-order valence-corrected chi connectivity index (χ1v) is 7.48. The van der Waals surface area contributed by atoms with Crippen molar-refractivity contribution in [3.8, 4) is 0 Å². The van der Waals surface area contributed by atoms with Crippen molar-refractivity contribution >= 4 is 6.03 Å². The summed E-state index contributed by atoms with van der Waals surface area (Å²) < 4.78 is 10.8. The summed E-state index contributed by atoms with van der Waals surface area (Å²) >= 11 is 0. The fourth-order valence-electron chi connectivity index (χ4n) is 2.44. The van der Waals surface area contributed by atoms with Crippen LogP contribution in [0, 0.1) is 6.92 Å². The van der Waals surface area contributed by atoms with Gasteiger partial charge in [-0.1, -0.05) is 0 Å². The number of amides is 2. The molecule has 0 radical (unpaired) electrons. The number of aryl methyl sites for hydroxylation is 1. The summed E-state index contributed by atoms with van der Waals surface area (Å²) in [4.78, 5) is 14.3. The molecule has 1 aliphatic heterocycles. The number of nitrogens with one attached hydrogen (secondary N) is 2. The van der Waals surface area contributed by atoms with Crippen LogP contribution in [0.5, 0.6) is 0 Å². The number of rotatable bonds is 5. The first kappa shape index (κ1) is 15.9. The van der Waals surface area contributed by atoms with Gasteiger partial charge in [0, 0.05) is 25.7 Å². The zero-order chi connectivity index (χ0) is 15.2. The molecule has 6 heteroatoms. The quantitative estimate of drug-likeness (QED) is 0.867. The van der Waals surface area contributed by atoms with Gasteiger partial charge in [0.15, 0.2) is 0 Å². The van der Waals surface area contributed by atoms with Crippen molar-refractivity contribution in [2.75, 3.05) is 32.8 Å². The molecule has 2 atom stereocenters. The van der Waals surface area contributed by atoms with Gasteiger partial charge in [-0.05, 0) is 32.9 Å². The maximum Gasteiger partial charge on any atom is 0.315 e. The lowest BCUT2D eigenvalue weighted by atomic mass is 10.2. The van der Waals surface area contributed by atoms with Gasteiger partial charge in [-0.2, -0.15) is 0 Å². The highest BCUT2D eigenvalue weighted by Gasteiger charge is 2.17. The van der Waals surface area contributed by atoms with E-state index in [1.54, 1.807) is 0 Å². The zero-order valence-corrected chi connectivity index (χ0v) is 13.0. The van der Waals surface area contributed by atoms with Gasteiger partial charge in [-0.25, -0.2) is 4.79 Å². The van der Waals surface area contributed by atoms with E-state index in [0.29, 0.717) is 0 Å². The molecule has 2 rings (SSSR count). The maximum atomic E-state index is 12.0. The number of carbonyl (C=O) groups excluding carboxylic acids is 1. The minimum atomic E-state index is -0.169. The van der Waals surface area contributed by atoms with Crippen molar-refractivity contribution in [3.63, 3.8) is 0 Å². The van der Waals surface area contributed by atoms with E-state index in [1.807, 2.05) is 32.9 Å². The molecule has 0 spiro atoms. The standard InChI is InChI=1S/C15H25N3O3/c1-11(10-18-6-8-20-9-7-18)16-15(19)17-13(3)14-5-4-12(2)21-14/h4-5,11,13H,6-10H2,1-3H3,(H2,16,17,19)/t11-,13+/m1/s1. The Morgan fingerprint density at radius 2 is 2.00 bits per heavy atom. The molecule has 0 aliphatic carbocycles. The van der Waals surface area contributed by atoms with Gasteiger partial charge in [0.2, 0.25) is 0 Å². The molecule has 6 nitrogen and oxygen atoms in total. The Labute approximate surface area is 125 Å². The highest BCUT2D eigenvalue weighted by molar-refractivity contribution is 5.74. The zero-order valence-electron chi connectivity index (χ0n) is 13.0. The maximum absolute atomic E-state index is 12.0. The molecule has 0 bridgehead atoms. The summed E-state index contributed by atoms with van der Waals surface area (Å²) in [6.45, 7) is 10.0. The predicted octanol–water partition coefficient (Wildman–Crippen LogP) is 1.67. The average Bonchev–Trinajstić information content (AvgIpc) is 2.86. The van der Waals surface area contributed by atoms with Crippen LogP contribution in [0.4, 0.5) is 4.79 Å². The third kappa shape index (κ3) is 5.06. The van der Waals surface area contributed by atoms with Gasteiger partial charge >= 0.3 is 6.03 Å². The number of furan rings is 1. The van der Waals surface area contributed by atoms with Gasteiger partial charge < -0.3 is 19.8 Å². The molecule has 0 saturated carbocycles. The number of urea groups is 1. The molecule has 1 saturated heterocycles. The monoisotopic (exact) mass is 295 g/mol. The van der Waals surface area contributed by atoms with E-state index >= 15 is 0 Å². The molecule has 1 fully saturated rings. The van der Waals surface area contributed by atoms with Crippen LogP contribution in [0.3, 0.4) is 0 Å². The van der Waals surface area contributed by atoms with Crippen molar-refractivity contribution in [2.45, 2.75) is 32.9 Å².